The summed E-state index contributed by atoms with van der Waals surface area (Å²) in [6.45, 7) is 0. The molecule has 0 aromatic rings. The van der Waals surface area contributed by atoms with Crippen LogP contribution in [0, 0.1) is 11.3 Å². The molecule has 1 aliphatic carbocycles. The third-order valence-corrected chi connectivity index (χ3v) is 3.47. The SMILES string of the molecule is COC1=C(Br)C(O)[C@](O)(CC#N)C=C1Br. The number of hydrogen-bond acceptors (Lipinski definition) is 4. The molecule has 1 rings (SSSR count). The molecule has 0 fully saturated rings. The minimum atomic E-state index is -1.59. The van der Waals surface area contributed by atoms with Gasteiger partial charge in [0.05, 0.1) is 28.6 Å². The van der Waals surface area contributed by atoms with Gasteiger partial charge in [-0.3, -0.25) is 0 Å². The van der Waals surface area contributed by atoms with E-state index in [0.717, 1.165) is 0 Å². The Hall–Kier alpha value is -0.350. The smallest absolute Gasteiger partial charge is 0.145 e. The molecule has 4 nitrogen and oxygen atoms in total. The van der Waals surface area contributed by atoms with Gasteiger partial charge in [0, 0.05) is 0 Å². The molecule has 15 heavy (non-hydrogen) atoms. The van der Waals surface area contributed by atoms with Crippen molar-refractivity contribution >= 4 is 31.9 Å². The molecular weight excluding hydrogens is 330 g/mol. The Labute approximate surface area is 104 Å². The van der Waals surface area contributed by atoms with E-state index in [-0.39, 0.29) is 6.42 Å². The molecule has 2 atom stereocenters. The van der Waals surface area contributed by atoms with Crippen LogP contribution in [0.2, 0.25) is 0 Å². The van der Waals surface area contributed by atoms with Crippen LogP contribution in [0.25, 0.3) is 0 Å². The van der Waals surface area contributed by atoms with Crippen molar-refractivity contribution in [2.75, 3.05) is 7.11 Å². The number of rotatable bonds is 2. The van der Waals surface area contributed by atoms with Crippen LogP contribution < -0.4 is 0 Å². The van der Waals surface area contributed by atoms with E-state index in [9.17, 15) is 10.2 Å². The fraction of sp³-hybridized carbons (Fsp3) is 0.444. The highest BCUT2D eigenvalue weighted by molar-refractivity contribution is 9.12. The number of ether oxygens (including phenoxy) is 1. The zero-order valence-corrected chi connectivity index (χ0v) is 11.0. The standard InChI is InChI=1S/C9H9Br2NO3/c1-15-7-5(10)4-9(14,2-3-12)8(13)6(7)11/h4,8,13-14H,2H2,1H3/t8?,9-/m0/s1. The predicted octanol–water partition coefficient (Wildman–Crippen LogP) is 1.54. The maximum absolute atomic E-state index is 10.00. The highest BCUT2D eigenvalue weighted by Gasteiger charge is 2.41. The number of aliphatic hydroxyl groups excluding tert-OH is 1. The van der Waals surface area contributed by atoms with Crippen molar-refractivity contribution in [2.45, 2.75) is 18.1 Å². The summed E-state index contributed by atoms with van der Waals surface area (Å²) in [7, 11) is 1.45. The first kappa shape index (κ1) is 12.7. The van der Waals surface area contributed by atoms with E-state index in [2.05, 4.69) is 31.9 Å². The van der Waals surface area contributed by atoms with Crippen molar-refractivity contribution in [3.8, 4) is 6.07 Å². The molecular formula is C9H9Br2NO3. The van der Waals surface area contributed by atoms with Crippen LogP contribution >= 0.6 is 31.9 Å². The lowest BCUT2D eigenvalue weighted by Crippen LogP contribution is -2.43. The number of nitriles is 1. The Balaban J connectivity index is 3.16. The topological polar surface area (TPSA) is 73.5 Å². The van der Waals surface area contributed by atoms with E-state index in [1.807, 2.05) is 6.07 Å². The second-order valence-corrected chi connectivity index (χ2v) is 4.81. The molecule has 0 heterocycles. The van der Waals surface area contributed by atoms with Crippen molar-refractivity contribution in [2.24, 2.45) is 0 Å². The van der Waals surface area contributed by atoms with E-state index >= 15 is 0 Å². The van der Waals surface area contributed by atoms with Gasteiger partial charge in [0.1, 0.15) is 17.5 Å². The average Bonchev–Trinajstić information content (AvgIpc) is 2.15. The Bertz CT molecular complexity index is 372. The van der Waals surface area contributed by atoms with Gasteiger partial charge in [-0.25, -0.2) is 0 Å². The van der Waals surface area contributed by atoms with E-state index in [0.29, 0.717) is 14.7 Å². The number of methoxy groups -OCH3 is 1. The van der Waals surface area contributed by atoms with Crippen molar-refractivity contribution in [1.29, 1.82) is 5.26 Å². The molecule has 0 aliphatic heterocycles. The lowest BCUT2D eigenvalue weighted by Gasteiger charge is -2.32. The second-order valence-electron chi connectivity index (χ2n) is 3.10. The van der Waals surface area contributed by atoms with Crippen LogP contribution in [0.3, 0.4) is 0 Å². The van der Waals surface area contributed by atoms with Crippen LogP contribution in [0.5, 0.6) is 0 Å². The van der Waals surface area contributed by atoms with Crippen molar-refractivity contribution in [1.82, 2.24) is 0 Å². The summed E-state index contributed by atoms with van der Waals surface area (Å²) in [4.78, 5) is 0. The van der Waals surface area contributed by atoms with Crippen molar-refractivity contribution < 1.29 is 14.9 Å². The Morgan fingerprint density at radius 2 is 2.27 bits per heavy atom. The fourth-order valence-electron chi connectivity index (χ4n) is 1.29. The molecule has 0 bridgehead atoms. The van der Waals surface area contributed by atoms with Gasteiger partial charge in [-0.05, 0) is 37.9 Å². The van der Waals surface area contributed by atoms with Gasteiger partial charge in [-0.1, -0.05) is 0 Å². The van der Waals surface area contributed by atoms with Crippen LogP contribution in [0.15, 0.2) is 20.8 Å². The summed E-state index contributed by atoms with van der Waals surface area (Å²) >= 11 is 6.33. The highest BCUT2D eigenvalue weighted by atomic mass is 79.9. The van der Waals surface area contributed by atoms with Gasteiger partial charge in [-0.2, -0.15) is 5.26 Å². The Kier molecular flexibility index (Phi) is 3.95. The normalized spacial score (nSPS) is 30.9. The average molecular weight is 339 g/mol. The zero-order chi connectivity index (χ0) is 11.6. The lowest BCUT2D eigenvalue weighted by molar-refractivity contribution is -0.0164. The van der Waals surface area contributed by atoms with Gasteiger partial charge in [0.2, 0.25) is 0 Å². The second kappa shape index (κ2) is 4.66. The summed E-state index contributed by atoms with van der Waals surface area (Å²) in [6.07, 6.45) is -0.0340. The maximum atomic E-state index is 10.00. The largest absolute Gasteiger partial charge is 0.495 e. The first-order valence-electron chi connectivity index (χ1n) is 4.06. The summed E-state index contributed by atoms with van der Waals surface area (Å²) in [5.74, 6) is 0.408. The number of nitrogens with zero attached hydrogens (tertiary/aromatic N) is 1. The van der Waals surface area contributed by atoms with E-state index in [4.69, 9.17) is 10.00 Å². The van der Waals surface area contributed by atoms with Crippen LogP contribution in [-0.4, -0.2) is 29.0 Å². The maximum Gasteiger partial charge on any atom is 0.145 e. The number of allylic oxidation sites excluding steroid dienone is 1. The summed E-state index contributed by atoms with van der Waals surface area (Å²) < 4.78 is 5.84. The third kappa shape index (κ3) is 2.26. The first-order chi connectivity index (χ1) is 6.96. The zero-order valence-electron chi connectivity index (χ0n) is 7.87. The van der Waals surface area contributed by atoms with Crippen molar-refractivity contribution in [3.63, 3.8) is 0 Å². The summed E-state index contributed by atoms with van der Waals surface area (Å²) in [5, 5.41) is 28.4. The van der Waals surface area contributed by atoms with Gasteiger partial charge >= 0.3 is 0 Å². The molecule has 0 saturated carbocycles. The van der Waals surface area contributed by atoms with Crippen molar-refractivity contribution in [3.05, 3.63) is 20.8 Å². The Morgan fingerprint density at radius 1 is 1.67 bits per heavy atom. The summed E-state index contributed by atoms with van der Waals surface area (Å²) in [5.41, 5.74) is -1.59. The molecule has 0 aromatic heterocycles. The summed E-state index contributed by atoms with van der Waals surface area (Å²) in [6, 6.07) is 1.82. The van der Waals surface area contributed by atoms with Crippen LogP contribution in [0.1, 0.15) is 6.42 Å². The Morgan fingerprint density at radius 3 is 2.73 bits per heavy atom. The van der Waals surface area contributed by atoms with Gasteiger partial charge < -0.3 is 14.9 Å². The van der Waals surface area contributed by atoms with Crippen LogP contribution in [-0.2, 0) is 4.74 Å². The van der Waals surface area contributed by atoms with E-state index in [1.54, 1.807) is 0 Å². The molecule has 0 saturated heterocycles. The fourth-order valence-corrected chi connectivity index (χ4v) is 3.10. The quantitative estimate of drug-likeness (QED) is 0.801. The molecule has 0 spiro atoms. The molecule has 0 amide bonds. The van der Waals surface area contributed by atoms with Gasteiger partial charge in [-0.15, -0.1) is 0 Å². The molecule has 0 radical (unpaired) electrons. The third-order valence-electron chi connectivity index (χ3n) is 2.09. The monoisotopic (exact) mass is 337 g/mol. The number of hydrogen-bond donors (Lipinski definition) is 2. The number of halogens is 2. The van der Waals surface area contributed by atoms with Gasteiger partial charge in [0.15, 0.2) is 0 Å². The molecule has 1 unspecified atom stereocenters. The lowest BCUT2D eigenvalue weighted by atomic mass is 9.89. The van der Waals surface area contributed by atoms with E-state index in [1.165, 1.54) is 13.2 Å². The first-order valence-corrected chi connectivity index (χ1v) is 5.64. The van der Waals surface area contributed by atoms with Gasteiger partial charge in [0.25, 0.3) is 0 Å². The van der Waals surface area contributed by atoms with E-state index < -0.39 is 11.7 Å². The minimum absolute atomic E-state index is 0.199. The highest BCUT2D eigenvalue weighted by Crippen LogP contribution is 2.39. The molecule has 0 aromatic carbocycles. The van der Waals surface area contributed by atoms with Crippen LogP contribution in [0.4, 0.5) is 0 Å². The predicted molar refractivity (Wildman–Crippen MR) is 61.2 cm³/mol. The number of aliphatic hydroxyl groups is 2. The molecule has 82 valence electrons. The minimum Gasteiger partial charge on any atom is -0.495 e. The molecule has 1 aliphatic rings. The molecule has 6 heteroatoms. The molecule has 2 N–H and O–H groups in total.